The molecule has 0 amide bonds. The molecule has 13 nitrogen and oxygen atoms in total. The first-order chi connectivity index (χ1) is 16.4. The van der Waals surface area contributed by atoms with Gasteiger partial charge in [0.05, 0.1) is 6.61 Å². The number of carbonyl (C=O) groups is 1. The lowest BCUT2D eigenvalue weighted by atomic mass is 9.94. The van der Waals surface area contributed by atoms with Crippen LogP contribution in [-0.2, 0) is 18.6 Å². The van der Waals surface area contributed by atoms with Gasteiger partial charge in [0, 0.05) is 11.8 Å². The van der Waals surface area contributed by atoms with Gasteiger partial charge in [0.1, 0.15) is 35.9 Å². The maximum Gasteiger partial charge on any atom is 0.459 e. The van der Waals surface area contributed by atoms with E-state index in [4.69, 9.17) is 24.6 Å². The van der Waals surface area contributed by atoms with Gasteiger partial charge in [-0.1, -0.05) is 18.2 Å². The highest BCUT2D eigenvalue weighted by Gasteiger charge is 2.61. The molecule has 1 aromatic carbocycles. The summed E-state index contributed by atoms with van der Waals surface area (Å²) in [6.07, 6.45) is -8.47. The van der Waals surface area contributed by atoms with Gasteiger partial charge in [0.25, 0.3) is 6.43 Å². The van der Waals surface area contributed by atoms with Crippen LogP contribution in [-0.4, -0.2) is 68.1 Å². The van der Waals surface area contributed by atoms with Crippen LogP contribution in [0.4, 0.5) is 14.6 Å². The molecule has 7 N–H and O–H groups in total. The van der Waals surface area contributed by atoms with Gasteiger partial charge in [-0.25, -0.2) is 18.1 Å². The maximum absolute atomic E-state index is 14.2. The van der Waals surface area contributed by atoms with Crippen molar-refractivity contribution in [3.8, 4) is 5.75 Å². The third-order valence-electron chi connectivity index (χ3n) is 5.18. The second-order valence-electron chi connectivity index (χ2n) is 7.64. The van der Waals surface area contributed by atoms with Crippen LogP contribution in [0.1, 0.15) is 18.6 Å². The fourth-order valence-electron chi connectivity index (χ4n) is 3.28. The van der Waals surface area contributed by atoms with Gasteiger partial charge >= 0.3 is 19.4 Å². The molecule has 0 saturated carbocycles. The molecule has 1 saturated heterocycles. The van der Waals surface area contributed by atoms with Crippen molar-refractivity contribution in [2.45, 2.75) is 43.3 Å². The number of halogens is 2. The number of aromatic amines is 1. The Bertz CT molecular complexity index is 1150. The Balaban J connectivity index is 1.91. The van der Waals surface area contributed by atoms with E-state index in [1.54, 1.807) is 6.07 Å². The molecule has 35 heavy (non-hydrogen) atoms. The third-order valence-corrected chi connectivity index (χ3v) is 6.80. The summed E-state index contributed by atoms with van der Waals surface area (Å²) in [7, 11) is -4.66. The number of hydrogen-bond acceptors (Lipinski definition) is 10. The van der Waals surface area contributed by atoms with Crippen molar-refractivity contribution in [1.82, 2.24) is 15.1 Å². The Hall–Kier alpha value is -2.94. The number of carboxylic acids is 1. The summed E-state index contributed by atoms with van der Waals surface area (Å²) in [5.74, 6) is -1.92. The van der Waals surface area contributed by atoms with Crippen molar-refractivity contribution in [1.29, 1.82) is 0 Å². The second-order valence-corrected chi connectivity index (χ2v) is 9.33. The predicted molar refractivity (Wildman–Crippen MR) is 115 cm³/mol. The zero-order valence-corrected chi connectivity index (χ0v) is 19.0. The number of benzene rings is 1. The number of alkyl halides is 2. The topological polar surface area (TPSA) is 206 Å². The number of ether oxygens (including phenoxy) is 1. The van der Waals surface area contributed by atoms with Crippen LogP contribution in [0.3, 0.4) is 0 Å². The molecular weight excluding hydrogens is 497 g/mol. The number of nitrogen functional groups attached to an aromatic ring is 1. The average Bonchev–Trinajstić information content (AvgIpc) is 3.04. The van der Waals surface area contributed by atoms with Gasteiger partial charge in [-0.3, -0.25) is 9.32 Å². The molecule has 2 aromatic rings. The van der Waals surface area contributed by atoms with Gasteiger partial charge in [0.2, 0.25) is 0 Å². The molecule has 6 atom stereocenters. The number of nitrogens with two attached hydrogens (primary N) is 1. The monoisotopic (exact) mass is 520 g/mol. The zero-order chi connectivity index (χ0) is 26.0. The second kappa shape index (κ2) is 10.4. The number of para-hydroxylation sites is 1. The molecule has 1 aromatic heterocycles. The summed E-state index contributed by atoms with van der Waals surface area (Å²) in [6.45, 7) is -0.193. The van der Waals surface area contributed by atoms with E-state index in [-0.39, 0.29) is 11.3 Å². The van der Waals surface area contributed by atoms with Crippen molar-refractivity contribution >= 4 is 19.5 Å². The lowest BCUT2D eigenvalue weighted by molar-refractivity contribution is -0.182. The van der Waals surface area contributed by atoms with Crippen LogP contribution < -0.4 is 21.0 Å². The number of aromatic nitrogens is 2. The Morgan fingerprint density at radius 1 is 1.37 bits per heavy atom. The number of carboxylic acid groups (broad SMARTS) is 1. The Labute approximate surface area is 196 Å². The minimum absolute atomic E-state index is 0.0371. The fourth-order valence-corrected chi connectivity index (χ4v) is 4.81. The number of H-pyrrole nitrogens is 1. The largest absolute Gasteiger partial charge is 0.480 e. The highest BCUT2D eigenvalue weighted by molar-refractivity contribution is 7.52. The molecule has 0 aliphatic carbocycles. The number of aliphatic hydroxyl groups excluding tert-OH is 2. The number of aliphatic hydroxyl groups is 2. The third kappa shape index (κ3) is 5.66. The van der Waals surface area contributed by atoms with E-state index in [0.29, 0.717) is 0 Å². The number of rotatable bonds is 10. The van der Waals surface area contributed by atoms with Crippen LogP contribution in [0.5, 0.6) is 5.75 Å². The molecular formula is C19H23F2N4O9P. The van der Waals surface area contributed by atoms with Crippen LogP contribution >= 0.6 is 7.75 Å². The van der Waals surface area contributed by atoms with Crippen molar-refractivity contribution in [3.63, 3.8) is 0 Å². The first-order valence-electron chi connectivity index (χ1n) is 10.1. The van der Waals surface area contributed by atoms with E-state index in [2.05, 4.69) is 15.1 Å². The molecule has 1 fully saturated rings. The lowest BCUT2D eigenvalue weighted by Crippen LogP contribution is -2.53. The van der Waals surface area contributed by atoms with E-state index in [1.165, 1.54) is 24.3 Å². The molecule has 1 aliphatic rings. The Morgan fingerprint density at radius 3 is 2.60 bits per heavy atom. The molecule has 1 aliphatic heterocycles. The number of nitrogens with zero attached hydrogens (tertiary/aromatic N) is 1. The summed E-state index contributed by atoms with van der Waals surface area (Å²) in [4.78, 5) is 28.1. The molecule has 2 unspecified atom stereocenters. The first kappa shape index (κ1) is 26.7. The average molecular weight is 520 g/mol. The van der Waals surface area contributed by atoms with Gasteiger partial charge in [-0.2, -0.15) is 10.1 Å². The van der Waals surface area contributed by atoms with E-state index in [1.807, 2.05) is 0 Å². The maximum atomic E-state index is 14.2. The van der Waals surface area contributed by atoms with E-state index < -0.39 is 68.2 Å². The minimum Gasteiger partial charge on any atom is -0.480 e. The molecule has 2 heterocycles. The summed E-state index contributed by atoms with van der Waals surface area (Å²) in [6, 6.07) is 5.85. The van der Waals surface area contributed by atoms with E-state index >= 15 is 0 Å². The Morgan fingerprint density at radius 2 is 2.03 bits per heavy atom. The quantitative estimate of drug-likeness (QED) is 0.236. The highest BCUT2D eigenvalue weighted by atomic mass is 31.2. The smallest absolute Gasteiger partial charge is 0.459 e. The minimum atomic E-state index is -4.66. The van der Waals surface area contributed by atoms with Gasteiger partial charge in [0.15, 0.2) is 5.60 Å². The van der Waals surface area contributed by atoms with Crippen LogP contribution in [0.25, 0.3) is 0 Å². The summed E-state index contributed by atoms with van der Waals surface area (Å²) < 4.78 is 57.5. The van der Waals surface area contributed by atoms with Crippen LogP contribution in [0.2, 0.25) is 0 Å². The summed E-state index contributed by atoms with van der Waals surface area (Å²) in [5, 5.41) is 32.2. The molecule has 192 valence electrons. The molecule has 0 bridgehead atoms. The first-order valence-corrected chi connectivity index (χ1v) is 11.6. The summed E-state index contributed by atoms with van der Waals surface area (Å²) >= 11 is 0. The van der Waals surface area contributed by atoms with Crippen molar-refractivity contribution in [2.24, 2.45) is 0 Å². The van der Waals surface area contributed by atoms with Crippen molar-refractivity contribution < 1.29 is 47.2 Å². The van der Waals surface area contributed by atoms with E-state index in [9.17, 15) is 33.1 Å². The molecule has 16 heteroatoms. The Kier molecular flexibility index (Phi) is 7.89. The van der Waals surface area contributed by atoms with Gasteiger partial charge in [-0.15, -0.1) is 0 Å². The number of anilines is 1. The predicted octanol–water partition coefficient (Wildman–Crippen LogP) is 0.415. The van der Waals surface area contributed by atoms with Crippen molar-refractivity contribution in [3.05, 3.63) is 52.6 Å². The lowest BCUT2D eigenvalue weighted by Gasteiger charge is -2.32. The van der Waals surface area contributed by atoms with Crippen LogP contribution in [0, 0.1) is 0 Å². The molecule has 3 rings (SSSR count). The van der Waals surface area contributed by atoms with Crippen LogP contribution in [0.15, 0.2) is 41.3 Å². The summed E-state index contributed by atoms with van der Waals surface area (Å²) in [5.41, 5.74) is 1.64. The van der Waals surface area contributed by atoms with Gasteiger partial charge in [-0.05, 0) is 19.1 Å². The number of aliphatic carboxylic acids is 1. The number of hydrogen-bond donors (Lipinski definition) is 6. The fraction of sp³-hybridized carbons (Fsp3) is 0.421. The molecule has 0 spiro atoms. The molecule has 0 radical (unpaired) electrons. The van der Waals surface area contributed by atoms with Gasteiger partial charge < -0.3 is 35.3 Å². The highest BCUT2D eigenvalue weighted by Crippen LogP contribution is 2.50. The van der Waals surface area contributed by atoms with E-state index in [0.717, 1.165) is 13.1 Å². The zero-order valence-electron chi connectivity index (χ0n) is 18.1. The SMILES string of the molecule is CC(NP(=O)(OC[C@@]1(C(F)F)O[C@H](c2c[nH]c(=O)nc2N)[C@H](O)[C@@H]1O)Oc1ccccc1)C(=O)O. The normalized spacial score (nSPS) is 26.9. The standard InChI is InChI=1S/C19H23F2N4O9P/c1-9(16(28)29)25-35(31,34-10-5-3-2-4-6-10)32-8-19(17(20)21)14(27)12(26)13(33-19)11-7-23-18(30)24-15(11)22/h2-7,9,12-14,17,26-27H,8H2,1H3,(H,25,31)(H,28,29)(H3,22,23,24,30)/t9?,12-,13+,14-,19+,35?/m0/s1. The van der Waals surface area contributed by atoms with Crippen molar-refractivity contribution in [2.75, 3.05) is 12.3 Å². The number of nitrogens with one attached hydrogen (secondary N) is 2.